The third kappa shape index (κ3) is 5.49. The molecule has 2 aromatic heterocycles. The average molecular weight is 424 g/mol. The molecule has 0 aliphatic carbocycles. The number of carbonyl (C=O) groups excluding carboxylic acids is 2. The normalized spacial score (nSPS) is 14.7. The molecule has 2 aromatic rings. The first-order chi connectivity index (χ1) is 14.1. The lowest BCUT2D eigenvalue weighted by molar-refractivity contribution is -0.162. The van der Waals surface area contributed by atoms with Crippen LogP contribution in [0.5, 0.6) is 0 Å². The molecule has 0 unspecified atom stereocenters. The molecule has 162 valence electrons. The number of rotatable bonds is 4. The summed E-state index contributed by atoms with van der Waals surface area (Å²) in [7, 11) is 0. The molecule has 3 amide bonds. The summed E-state index contributed by atoms with van der Waals surface area (Å²) in [6.45, 7) is 4.64. The Morgan fingerprint density at radius 1 is 1.10 bits per heavy atom. The smallest absolute Gasteiger partial charge is 0.339 e. The van der Waals surface area contributed by atoms with Gasteiger partial charge in [0, 0.05) is 44.6 Å². The van der Waals surface area contributed by atoms with Crippen molar-refractivity contribution in [1.29, 1.82) is 0 Å². The first kappa shape index (κ1) is 21.6. The van der Waals surface area contributed by atoms with Gasteiger partial charge in [0.15, 0.2) is 5.82 Å². The zero-order valence-corrected chi connectivity index (χ0v) is 16.7. The van der Waals surface area contributed by atoms with Gasteiger partial charge in [-0.3, -0.25) is 4.79 Å². The number of pyridine rings is 1. The molecule has 1 fully saturated rings. The van der Waals surface area contributed by atoms with Crippen LogP contribution in [0.4, 0.5) is 18.0 Å². The number of hydrogen-bond donors (Lipinski definition) is 1. The number of aromatic nitrogens is 3. The first-order valence-corrected chi connectivity index (χ1v) is 9.48. The first-order valence-electron chi connectivity index (χ1n) is 9.48. The summed E-state index contributed by atoms with van der Waals surface area (Å²) >= 11 is 0. The lowest BCUT2D eigenvalue weighted by Gasteiger charge is -2.34. The van der Waals surface area contributed by atoms with Crippen LogP contribution in [0.1, 0.15) is 23.4 Å². The van der Waals surface area contributed by atoms with Gasteiger partial charge in [0.1, 0.15) is 6.42 Å². The number of nitrogens with one attached hydrogen (secondary N) is 1. The third-order valence-electron chi connectivity index (χ3n) is 4.75. The highest BCUT2D eigenvalue weighted by Gasteiger charge is 2.34. The minimum absolute atomic E-state index is 0.0845. The maximum atomic E-state index is 12.3. The van der Waals surface area contributed by atoms with Crippen molar-refractivity contribution in [2.75, 3.05) is 26.2 Å². The van der Waals surface area contributed by atoms with Gasteiger partial charge in [0.2, 0.25) is 5.91 Å². The molecular weight excluding hydrogens is 401 g/mol. The Bertz CT molecular complexity index is 902. The van der Waals surface area contributed by atoms with Crippen LogP contribution in [0.2, 0.25) is 0 Å². The van der Waals surface area contributed by atoms with Crippen molar-refractivity contribution in [1.82, 2.24) is 29.9 Å². The van der Waals surface area contributed by atoms with Crippen molar-refractivity contribution >= 4 is 11.9 Å². The number of carbonyl (C=O) groups is 2. The molecule has 1 aliphatic rings. The SMILES string of the molecule is Cc1cc(C)n(-c2ccc(CNC(=O)N3CCN(C(=O)CC(F)(F)F)CC3)cn2)n1. The Morgan fingerprint density at radius 2 is 1.77 bits per heavy atom. The van der Waals surface area contributed by atoms with Crippen LogP contribution in [-0.2, 0) is 11.3 Å². The van der Waals surface area contributed by atoms with Crippen molar-refractivity contribution in [3.05, 3.63) is 41.3 Å². The second-order valence-corrected chi connectivity index (χ2v) is 7.18. The van der Waals surface area contributed by atoms with Gasteiger partial charge in [-0.15, -0.1) is 0 Å². The highest BCUT2D eigenvalue weighted by molar-refractivity contribution is 5.78. The number of alkyl halides is 3. The number of aryl methyl sites for hydroxylation is 2. The van der Waals surface area contributed by atoms with E-state index in [9.17, 15) is 22.8 Å². The van der Waals surface area contributed by atoms with Gasteiger partial charge >= 0.3 is 12.2 Å². The second kappa shape index (κ2) is 8.72. The van der Waals surface area contributed by atoms with Gasteiger partial charge in [0.05, 0.1) is 5.69 Å². The molecule has 0 bridgehead atoms. The molecular formula is C19H23F3N6O2. The Hall–Kier alpha value is -3.11. The van der Waals surface area contributed by atoms with Crippen LogP contribution < -0.4 is 5.32 Å². The minimum Gasteiger partial charge on any atom is -0.339 e. The van der Waals surface area contributed by atoms with Crippen LogP contribution in [0.3, 0.4) is 0 Å². The number of hydrogen-bond acceptors (Lipinski definition) is 4. The predicted molar refractivity (Wildman–Crippen MR) is 102 cm³/mol. The standard InChI is InChI=1S/C19H23F3N6O2/c1-13-9-14(2)28(25-13)16-4-3-15(11-23-16)12-24-18(30)27-7-5-26(6-8-27)17(29)10-19(20,21)22/h3-4,9,11H,5-8,10,12H2,1-2H3,(H,24,30). The number of nitrogens with zero attached hydrogens (tertiary/aromatic N) is 5. The summed E-state index contributed by atoms with van der Waals surface area (Å²) < 4.78 is 38.7. The zero-order chi connectivity index (χ0) is 21.9. The molecule has 0 spiro atoms. The van der Waals surface area contributed by atoms with Gasteiger partial charge in [0.25, 0.3) is 0 Å². The average Bonchev–Trinajstić information content (AvgIpc) is 3.03. The van der Waals surface area contributed by atoms with Gasteiger partial charge in [-0.05, 0) is 31.5 Å². The lowest BCUT2D eigenvalue weighted by Crippen LogP contribution is -2.53. The van der Waals surface area contributed by atoms with Crippen molar-refractivity contribution in [3.8, 4) is 5.82 Å². The molecule has 0 saturated carbocycles. The highest BCUT2D eigenvalue weighted by atomic mass is 19.4. The van der Waals surface area contributed by atoms with Crippen molar-refractivity contribution in [2.45, 2.75) is 33.0 Å². The van der Waals surface area contributed by atoms with Crippen LogP contribution in [0.15, 0.2) is 24.4 Å². The van der Waals surface area contributed by atoms with Crippen LogP contribution in [-0.4, -0.2) is 68.9 Å². The highest BCUT2D eigenvalue weighted by Crippen LogP contribution is 2.21. The number of piperazine rings is 1. The fraction of sp³-hybridized carbons (Fsp3) is 0.474. The molecule has 3 rings (SSSR count). The fourth-order valence-corrected chi connectivity index (χ4v) is 3.24. The van der Waals surface area contributed by atoms with E-state index >= 15 is 0 Å². The Labute approximate surface area is 171 Å². The Morgan fingerprint density at radius 3 is 2.30 bits per heavy atom. The molecule has 1 aliphatic heterocycles. The summed E-state index contributed by atoms with van der Waals surface area (Å²) in [4.78, 5) is 30.9. The molecule has 0 atom stereocenters. The van der Waals surface area contributed by atoms with Crippen LogP contribution in [0, 0.1) is 13.8 Å². The molecule has 1 saturated heterocycles. The van der Waals surface area contributed by atoms with Crippen molar-refractivity contribution in [3.63, 3.8) is 0 Å². The van der Waals surface area contributed by atoms with E-state index in [2.05, 4.69) is 15.4 Å². The summed E-state index contributed by atoms with van der Waals surface area (Å²) in [5, 5.41) is 7.14. The summed E-state index contributed by atoms with van der Waals surface area (Å²) in [6.07, 6.45) is -4.34. The fourth-order valence-electron chi connectivity index (χ4n) is 3.24. The monoisotopic (exact) mass is 424 g/mol. The largest absolute Gasteiger partial charge is 0.397 e. The van der Waals surface area contributed by atoms with Gasteiger partial charge in [-0.1, -0.05) is 6.07 Å². The zero-order valence-electron chi connectivity index (χ0n) is 16.7. The minimum atomic E-state index is -4.52. The predicted octanol–water partition coefficient (Wildman–Crippen LogP) is 2.19. The van der Waals surface area contributed by atoms with E-state index < -0.39 is 18.5 Å². The van der Waals surface area contributed by atoms with E-state index in [0.717, 1.165) is 21.9 Å². The number of amides is 3. The Kier molecular flexibility index (Phi) is 6.28. The molecule has 1 N–H and O–H groups in total. The molecule has 11 heteroatoms. The van der Waals surface area contributed by atoms with E-state index in [-0.39, 0.29) is 38.8 Å². The molecule has 30 heavy (non-hydrogen) atoms. The second-order valence-electron chi connectivity index (χ2n) is 7.18. The molecule has 0 aromatic carbocycles. The molecule has 3 heterocycles. The van der Waals surface area contributed by atoms with E-state index in [4.69, 9.17) is 0 Å². The topological polar surface area (TPSA) is 83.4 Å². The van der Waals surface area contributed by atoms with E-state index in [1.54, 1.807) is 10.9 Å². The summed E-state index contributed by atoms with van der Waals surface area (Å²) in [5.74, 6) is -0.286. The summed E-state index contributed by atoms with van der Waals surface area (Å²) in [6, 6.07) is 5.27. The van der Waals surface area contributed by atoms with Crippen LogP contribution >= 0.6 is 0 Å². The van der Waals surface area contributed by atoms with E-state index in [1.165, 1.54) is 4.90 Å². The van der Waals surface area contributed by atoms with Gasteiger partial charge < -0.3 is 15.1 Å². The van der Waals surface area contributed by atoms with Gasteiger partial charge in [-0.2, -0.15) is 18.3 Å². The quantitative estimate of drug-likeness (QED) is 0.816. The van der Waals surface area contributed by atoms with Gasteiger partial charge in [-0.25, -0.2) is 14.5 Å². The third-order valence-corrected chi connectivity index (χ3v) is 4.75. The number of halogens is 3. The lowest BCUT2D eigenvalue weighted by atomic mass is 10.2. The van der Waals surface area contributed by atoms with Crippen LogP contribution in [0.25, 0.3) is 5.82 Å². The Balaban J connectivity index is 1.47. The molecule has 0 radical (unpaired) electrons. The molecule has 8 nitrogen and oxygen atoms in total. The maximum Gasteiger partial charge on any atom is 0.397 e. The number of urea groups is 1. The maximum absolute atomic E-state index is 12.3. The van der Waals surface area contributed by atoms with Crippen molar-refractivity contribution < 1.29 is 22.8 Å². The van der Waals surface area contributed by atoms with Crippen molar-refractivity contribution in [2.24, 2.45) is 0 Å². The van der Waals surface area contributed by atoms with E-state index in [0.29, 0.717) is 5.82 Å². The van der Waals surface area contributed by atoms with E-state index in [1.807, 2.05) is 32.0 Å². The summed E-state index contributed by atoms with van der Waals surface area (Å²) in [5.41, 5.74) is 2.66.